The lowest BCUT2D eigenvalue weighted by Crippen LogP contribution is -1.73. The molecule has 0 nitrogen and oxygen atoms in total. The minimum absolute atomic E-state index is 1.11. The van der Waals surface area contributed by atoms with E-state index in [4.69, 9.17) is 0 Å². The van der Waals surface area contributed by atoms with Crippen molar-refractivity contribution in [1.29, 1.82) is 0 Å². The lowest BCUT2D eigenvalue weighted by Gasteiger charge is -1.94. The van der Waals surface area contributed by atoms with Crippen LogP contribution in [0.15, 0.2) is 23.8 Å². The van der Waals surface area contributed by atoms with Crippen LogP contribution >= 0.6 is 0 Å². The molecule has 0 spiro atoms. The summed E-state index contributed by atoms with van der Waals surface area (Å²) in [6, 6.07) is 0. The van der Waals surface area contributed by atoms with Gasteiger partial charge in [-0.3, -0.25) is 0 Å². The van der Waals surface area contributed by atoms with Crippen molar-refractivity contribution in [1.82, 2.24) is 0 Å². The normalized spacial score (nSPS) is 8.75. The van der Waals surface area contributed by atoms with Crippen LogP contribution in [0.4, 0.5) is 0 Å². The fourth-order valence-electron chi connectivity index (χ4n) is 0.480. The van der Waals surface area contributed by atoms with Gasteiger partial charge in [0.2, 0.25) is 0 Å². The van der Waals surface area contributed by atoms with E-state index in [9.17, 15) is 0 Å². The summed E-state index contributed by atoms with van der Waals surface area (Å²) in [5.74, 6) is 0. The quantitative estimate of drug-likeness (QED) is 0.513. The Morgan fingerprint density at radius 2 is 1.42 bits per heavy atom. The second-order valence-electron chi connectivity index (χ2n) is 2.08. The van der Waals surface area contributed by atoms with Gasteiger partial charge in [0.15, 0.2) is 0 Å². The van der Waals surface area contributed by atoms with Crippen molar-refractivity contribution in [3.63, 3.8) is 0 Å². The van der Waals surface area contributed by atoms with Crippen LogP contribution in [0.25, 0.3) is 0 Å². The van der Waals surface area contributed by atoms with Gasteiger partial charge < -0.3 is 0 Å². The highest BCUT2D eigenvalue weighted by Gasteiger charge is 1.83. The molecule has 0 heteroatoms. The van der Waals surface area contributed by atoms with Gasteiger partial charge in [-0.15, -0.1) is 0 Å². The van der Waals surface area contributed by atoms with Gasteiger partial charge in [-0.05, 0) is 20.3 Å². The van der Waals surface area contributed by atoms with Crippen LogP contribution in [0, 0.1) is 0 Å². The molecule has 0 fully saturated rings. The van der Waals surface area contributed by atoms with Crippen LogP contribution in [-0.4, -0.2) is 0 Å². The first-order valence-corrected chi connectivity index (χ1v) is 5.01. The van der Waals surface area contributed by atoms with E-state index < -0.39 is 0 Å². The number of rotatable bonds is 2. The smallest absolute Gasteiger partial charge is 0.0374 e. The Balaban J connectivity index is -0.000000175. The van der Waals surface area contributed by atoms with E-state index in [0.29, 0.717) is 0 Å². The van der Waals surface area contributed by atoms with Gasteiger partial charge in [0.1, 0.15) is 0 Å². The van der Waals surface area contributed by atoms with E-state index in [1.807, 2.05) is 34.6 Å². The highest BCUT2D eigenvalue weighted by molar-refractivity contribution is 5.23. The molecule has 0 unspecified atom stereocenters. The molecule has 0 aromatic carbocycles. The second kappa shape index (κ2) is 16.8. The van der Waals surface area contributed by atoms with Gasteiger partial charge in [0.05, 0.1) is 0 Å². The van der Waals surface area contributed by atoms with Gasteiger partial charge in [-0.2, -0.15) is 0 Å². The molecule has 12 heavy (non-hydrogen) atoms. The Kier molecular flexibility index (Phi) is 24.6. The van der Waals surface area contributed by atoms with Crippen molar-refractivity contribution < 1.29 is 0 Å². The predicted octanol–water partition coefficient (Wildman–Crippen LogP) is 4.97. The Labute approximate surface area is 79.4 Å². The Bertz CT molecular complexity index is 107. The molecule has 0 aliphatic heterocycles. The summed E-state index contributed by atoms with van der Waals surface area (Å²) in [6.45, 7) is 18.1. The molecule has 0 aromatic heterocycles. The maximum absolute atomic E-state index is 3.81. The van der Waals surface area contributed by atoms with Gasteiger partial charge in [0.25, 0.3) is 0 Å². The first kappa shape index (κ1) is 17.5. The Morgan fingerprint density at radius 1 is 1.08 bits per heavy atom. The summed E-state index contributed by atoms with van der Waals surface area (Å²) >= 11 is 0. The van der Waals surface area contributed by atoms with E-state index in [2.05, 4.69) is 26.5 Å². The molecule has 0 amide bonds. The maximum Gasteiger partial charge on any atom is -0.0374 e. The molecule has 74 valence electrons. The molecule has 0 rings (SSSR count). The summed E-state index contributed by atoms with van der Waals surface area (Å²) in [7, 11) is 0. The zero-order valence-electron chi connectivity index (χ0n) is 9.99. The van der Waals surface area contributed by atoms with Gasteiger partial charge in [-0.1, -0.05) is 58.4 Å². The van der Waals surface area contributed by atoms with E-state index in [-0.39, 0.29) is 0 Å². The van der Waals surface area contributed by atoms with E-state index >= 15 is 0 Å². The van der Waals surface area contributed by atoms with Crippen LogP contribution < -0.4 is 0 Å². The molecule has 0 saturated heterocycles. The molecule has 0 radical (unpaired) electrons. The van der Waals surface area contributed by atoms with E-state index in [1.54, 1.807) is 0 Å². The predicted molar refractivity (Wildman–Crippen MR) is 61.6 cm³/mol. The summed E-state index contributed by atoms with van der Waals surface area (Å²) in [6.07, 6.45) is 3.29. The monoisotopic (exact) mass is 170 g/mol. The number of hydrogen-bond acceptors (Lipinski definition) is 0. The van der Waals surface area contributed by atoms with Crippen molar-refractivity contribution >= 4 is 0 Å². The highest BCUT2D eigenvalue weighted by atomic mass is 13.9. The third-order valence-corrected chi connectivity index (χ3v) is 1.18. The van der Waals surface area contributed by atoms with Crippen molar-refractivity contribution in [2.24, 2.45) is 0 Å². The zero-order valence-corrected chi connectivity index (χ0v) is 9.99. The molecule has 0 saturated carbocycles. The van der Waals surface area contributed by atoms with Gasteiger partial charge in [-0.25, -0.2) is 0 Å². The first-order chi connectivity index (χ1) is 5.68. The lowest BCUT2D eigenvalue weighted by molar-refractivity contribution is 1.18. The third-order valence-electron chi connectivity index (χ3n) is 1.18. The van der Waals surface area contributed by atoms with Crippen molar-refractivity contribution in [2.45, 2.75) is 54.9 Å². The van der Waals surface area contributed by atoms with Crippen LogP contribution in [0.2, 0.25) is 0 Å². The van der Waals surface area contributed by atoms with Crippen molar-refractivity contribution in [3.8, 4) is 0 Å². The van der Waals surface area contributed by atoms with Gasteiger partial charge >= 0.3 is 0 Å². The molecule has 0 aromatic rings. The number of allylic oxidation sites excluding steroid dienone is 3. The molecule has 0 N–H and O–H groups in total. The summed E-state index contributed by atoms with van der Waals surface area (Å²) < 4.78 is 0. The van der Waals surface area contributed by atoms with Crippen LogP contribution in [-0.2, 0) is 0 Å². The molecule has 0 aliphatic carbocycles. The average Bonchev–Trinajstić information content (AvgIpc) is 2.12. The molecular formula is C12H26. The SMILES string of the molecule is C=C(C)/C(C)=C/CC.CC.CC. The second-order valence-corrected chi connectivity index (χ2v) is 2.08. The molecule has 0 bridgehead atoms. The fraction of sp³-hybridized carbons (Fsp3) is 0.667. The summed E-state index contributed by atoms with van der Waals surface area (Å²) in [5.41, 5.74) is 2.49. The van der Waals surface area contributed by atoms with Crippen molar-refractivity contribution in [3.05, 3.63) is 23.8 Å². The first-order valence-electron chi connectivity index (χ1n) is 5.01. The topological polar surface area (TPSA) is 0 Å². The zero-order chi connectivity index (χ0) is 10.6. The van der Waals surface area contributed by atoms with E-state index in [1.165, 1.54) is 11.1 Å². The van der Waals surface area contributed by atoms with Gasteiger partial charge in [0, 0.05) is 0 Å². The van der Waals surface area contributed by atoms with Crippen LogP contribution in [0.3, 0.4) is 0 Å². The standard InChI is InChI=1S/C8H14.2C2H6/c1-5-6-8(4)7(2)3;2*1-2/h6H,2,5H2,1,3-4H3;2*1-2H3/b8-6+;;. The molecule has 0 heterocycles. The van der Waals surface area contributed by atoms with Crippen LogP contribution in [0.1, 0.15) is 54.9 Å². The lowest BCUT2D eigenvalue weighted by atomic mass is 10.1. The van der Waals surface area contributed by atoms with E-state index in [0.717, 1.165) is 6.42 Å². The maximum atomic E-state index is 3.81. The minimum Gasteiger partial charge on any atom is -0.0959 e. The molecule has 0 aliphatic rings. The third kappa shape index (κ3) is 16.2. The summed E-state index contributed by atoms with van der Waals surface area (Å²) in [5, 5.41) is 0. The minimum atomic E-state index is 1.11. The largest absolute Gasteiger partial charge is 0.0959 e. The Hall–Kier alpha value is -0.520. The summed E-state index contributed by atoms with van der Waals surface area (Å²) in [4.78, 5) is 0. The number of hydrogen-bond donors (Lipinski definition) is 0. The Morgan fingerprint density at radius 3 is 1.50 bits per heavy atom. The highest BCUT2D eigenvalue weighted by Crippen LogP contribution is 2.04. The molecular weight excluding hydrogens is 144 g/mol. The van der Waals surface area contributed by atoms with Crippen molar-refractivity contribution in [2.75, 3.05) is 0 Å². The van der Waals surface area contributed by atoms with Crippen LogP contribution in [0.5, 0.6) is 0 Å². The average molecular weight is 170 g/mol. The molecule has 0 atom stereocenters. The fourth-order valence-corrected chi connectivity index (χ4v) is 0.480.